The monoisotopic (exact) mass is 502 g/mol. The minimum atomic E-state index is -0.993. The van der Waals surface area contributed by atoms with Gasteiger partial charge in [0, 0.05) is 36.4 Å². The summed E-state index contributed by atoms with van der Waals surface area (Å²) in [4.78, 5) is 24.6. The van der Waals surface area contributed by atoms with Gasteiger partial charge in [-0.1, -0.05) is 59.8 Å². The molecule has 0 atom stereocenters. The maximum atomic E-state index is 13.5. The predicted molar refractivity (Wildman–Crippen MR) is 142 cm³/mol. The molecule has 0 spiro atoms. The molecule has 0 aliphatic heterocycles. The highest BCUT2D eigenvalue weighted by Gasteiger charge is 2.19. The Labute approximate surface area is 217 Å². The standard InChI is InChI=1S/C30H22N4O4/c35-29(31-16-19-5-9-22(10-6-19)30(36)37)26-15-25(27-11-12-38-33-27)18-34-28(26)24(17-32-34)14-20-7-8-21-3-1-2-4-23(21)13-20/h1-13,15,17-18H,14,16H2,(H,31,35)(H,36,37). The molecule has 8 nitrogen and oxygen atoms in total. The van der Waals surface area contributed by atoms with Gasteiger partial charge in [0.2, 0.25) is 0 Å². The Kier molecular flexibility index (Phi) is 5.89. The van der Waals surface area contributed by atoms with Gasteiger partial charge in [0.1, 0.15) is 12.0 Å². The highest BCUT2D eigenvalue weighted by molar-refractivity contribution is 6.02. The second kappa shape index (κ2) is 9.67. The first kappa shape index (κ1) is 23.2. The Bertz CT molecular complexity index is 1790. The van der Waals surface area contributed by atoms with Crippen molar-refractivity contribution in [3.63, 3.8) is 0 Å². The van der Waals surface area contributed by atoms with Crippen LogP contribution in [-0.2, 0) is 13.0 Å². The minimum absolute atomic E-state index is 0.194. The molecule has 3 heterocycles. The second-order valence-corrected chi connectivity index (χ2v) is 9.03. The van der Waals surface area contributed by atoms with Gasteiger partial charge in [-0.25, -0.2) is 9.31 Å². The van der Waals surface area contributed by atoms with Crippen molar-refractivity contribution in [1.29, 1.82) is 0 Å². The van der Waals surface area contributed by atoms with E-state index in [4.69, 9.17) is 9.63 Å². The van der Waals surface area contributed by atoms with Crippen LogP contribution in [0.15, 0.2) is 102 Å². The summed E-state index contributed by atoms with van der Waals surface area (Å²) < 4.78 is 6.72. The molecule has 0 bridgehead atoms. The zero-order chi connectivity index (χ0) is 26.1. The molecular weight excluding hydrogens is 480 g/mol. The van der Waals surface area contributed by atoms with Crippen molar-refractivity contribution in [1.82, 2.24) is 20.1 Å². The molecule has 6 aromatic rings. The molecule has 0 unspecified atom stereocenters. The van der Waals surface area contributed by atoms with Gasteiger partial charge in [-0.3, -0.25) is 4.79 Å². The number of nitrogens with one attached hydrogen (secondary N) is 1. The molecule has 3 aromatic carbocycles. The van der Waals surface area contributed by atoms with Gasteiger partial charge in [-0.15, -0.1) is 0 Å². The zero-order valence-electron chi connectivity index (χ0n) is 20.2. The van der Waals surface area contributed by atoms with Crippen LogP contribution in [0.1, 0.15) is 37.4 Å². The summed E-state index contributed by atoms with van der Waals surface area (Å²) in [5.74, 6) is -1.27. The number of carboxylic acid groups (broad SMARTS) is 1. The fraction of sp³-hybridized carbons (Fsp3) is 0.0667. The van der Waals surface area contributed by atoms with E-state index in [2.05, 4.69) is 45.9 Å². The predicted octanol–water partition coefficient (Wildman–Crippen LogP) is 5.36. The largest absolute Gasteiger partial charge is 0.478 e. The number of carbonyl (C=O) groups excluding carboxylic acids is 1. The van der Waals surface area contributed by atoms with Crippen molar-refractivity contribution in [2.45, 2.75) is 13.0 Å². The van der Waals surface area contributed by atoms with Crippen LogP contribution in [0.3, 0.4) is 0 Å². The van der Waals surface area contributed by atoms with E-state index in [0.29, 0.717) is 28.8 Å². The molecule has 0 saturated heterocycles. The first-order valence-electron chi connectivity index (χ1n) is 12.0. The van der Waals surface area contributed by atoms with Crippen LogP contribution < -0.4 is 5.32 Å². The van der Waals surface area contributed by atoms with E-state index >= 15 is 0 Å². The van der Waals surface area contributed by atoms with Gasteiger partial charge in [-0.05, 0) is 40.1 Å². The van der Waals surface area contributed by atoms with Crippen LogP contribution in [0.2, 0.25) is 0 Å². The molecule has 38 heavy (non-hydrogen) atoms. The molecule has 0 radical (unpaired) electrons. The van der Waals surface area contributed by atoms with E-state index in [-0.39, 0.29) is 18.0 Å². The lowest BCUT2D eigenvalue weighted by atomic mass is 10.00. The Morgan fingerprint density at radius 3 is 2.47 bits per heavy atom. The van der Waals surface area contributed by atoms with Gasteiger partial charge < -0.3 is 14.9 Å². The van der Waals surface area contributed by atoms with Crippen molar-refractivity contribution >= 4 is 28.2 Å². The van der Waals surface area contributed by atoms with Crippen LogP contribution >= 0.6 is 0 Å². The number of hydrogen-bond acceptors (Lipinski definition) is 5. The third-order valence-corrected chi connectivity index (χ3v) is 6.53. The van der Waals surface area contributed by atoms with E-state index in [1.807, 2.05) is 18.3 Å². The van der Waals surface area contributed by atoms with Crippen LogP contribution in [0.4, 0.5) is 0 Å². The van der Waals surface area contributed by atoms with E-state index in [9.17, 15) is 9.59 Å². The Balaban J connectivity index is 1.35. The second-order valence-electron chi connectivity index (χ2n) is 9.03. The normalized spacial score (nSPS) is 11.2. The summed E-state index contributed by atoms with van der Waals surface area (Å²) in [6.45, 7) is 0.243. The highest BCUT2D eigenvalue weighted by atomic mass is 16.5. The first-order valence-corrected chi connectivity index (χ1v) is 12.0. The number of aromatic carboxylic acids is 1. The zero-order valence-corrected chi connectivity index (χ0v) is 20.2. The molecule has 0 fully saturated rings. The van der Waals surface area contributed by atoms with Crippen molar-refractivity contribution in [3.05, 3.63) is 125 Å². The number of aromatic nitrogens is 3. The van der Waals surface area contributed by atoms with Crippen molar-refractivity contribution in [2.24, 2.45) is 0 Å². The lowest BCUT2D eigenvalue weighted by Crippen LogP contribution is -2.24. The van der Waals surface area contributed by atoms with Crippen molar-refractivity contribution in [2.75, 3.05) is 0 Å². The molecule has 2 N–H and O–H groups in total. The van der Waals surface area contributed by atoms with E-state index < -0.39 is 5.97 Å². The maximum absolute atomic E-state index is 13.5. The number of benzene rings is 3. The Hall–Kier alpha value is -5.24. The average Bonchev–Trinajstić information content (AvgIpc) is 3.62. The Morgan fingerprint density at radius 2 is 1.71 bits per heavy atom. The third-order valence-electron chi connectivity index (χ3n) is 6.53. The molecule has 186 valence electrons. The summed E-state index contributed by atoms with van der Waals surface area (Å²) in [6, 6.07) is 24.5. The van der Waals surface area contributed by atoms with Gasteiger partial charge in [-0.2, -0.15) is 5.10 Å². The summed E-state index contributed by atoms with van der Waals surface area (Å²) in [7, 11) is 0. The Morgan fingerprint density at radius 1 is 0.921 bits per heavy atom. The molecule has 1 amide bonds. The lowest BCUT2D eigenvalue weighted by Gasteiger charge is -2.11. The average molecular weight is 503 g/mol. The molecular formula is C30H22N4O4. The topological polar surface area (TPSA) is 110 Å². The summed E-state index contributed by atoms with van der Waals surface area (Å²) >= 11 is 0. The first-order chi connectivity index (χ1) is 18.5. The highest BCUT2D eigenvalue weighted by Crippen LogP contribution is 2.27. The molecule has 0 aliphatic carbocycles. The third kappa shape index (κ3) is 4.51. The number of pyridine rings is 1. The van der Waals surface area contributed by atoms with E-state index in [0.717, 1.165) is 22.1 Å². The fourth-order valence-electron chi connectivity index (χ4n) is 4.60. The molecule has 6 rings (SSSR count). The van der Waals surface area contributed by atoms with E-state index in [1.165, 1.54) is 23.8 Å². The van der Waals surface area contributed by atoms with Gasteiger partial charge in [0.15, 0.2) is 0 Å². The minimum Gasteiger partial charge on any atom is -0.478 e. The van der Waals surface area contributed by atoms with Gasteiger partial charge in [0.05, 0.1) is 22.8 Å². The van der Waals surface area contributed by atoms with Gasteiger partial charge >= 0.3 is 5.97 Å². The number of carbonyl (C=O) groups is 2. The smallest absolute Gasteiger partial charge is 0.335 e. The van der Waals surface area contributed by atoms with Crippen LogP contribution in [0.25, 0.3) is 27.5 Å². The molecule has 0 aliphatic rings. The molecule has 0 saturated carbocycles. The fourth-order valence-corrected chi connectivity index (χ4v) is 4.60. The quantitative estimate of drug-likeness (QED) is 0.304. The van der Waals surface area contributed by atoms with Crippen LogP contribution in [0.5, 0.6) is 0 Å². The molecule has 3 aromatic heterocycles. The van der Waals surface area contributed by atoms with Gasteiger partial charge in [0.25, 0.3) is 5.91 Å². The summed E-state index contributed by atoms with van der Waals surface area (Å²) in [5, 5.41) is 23.0. The summed E-state index contributed by atoms with van der Waals surface area (Å²) in [5.41, 5.74) is 5.48. The number of carboxylic acids is 1. The number of nitrogens with zero attached hydrogens (tertiary/aromatic N) is 3. The van der Waals surface area contributed by atoms with E-state index in [1.54, 1.807) is 35.0 Å². The number of amides is 1. The molecule has 8 heteroatoms. The van der Waals surface area contributed by atoms with Crippen molar-refractivity contribution in [3.8, 4) is 11.3 Å². The van der Waals surface area contributed by atoms with Crippen LogP contribution in [0, 0.1) is 0 Å². The summed E-state index contributed by atoms with van der Waals surface area (Å²) in [6.07, 6.45) is 5.71. The number of hydrogen-bond donors (Lipinski definition) is 2. The SMILES string of the molecule is O=C(O)c1ccc(CNC(=O)c2cc(-c3ccon3)cn3ncc(Cc4ccc5ccccc5c4)c23)cc1. The lowest BCUT2D eigenvalue weighted by molar-refractivity contribution is 0.0696. The number of rotatable bonds is 7. The van der Waals surface area contributed by atoms with Crippen LogP contribution in [-0.4, -0.2) is 31.8 Å². The maximum Gasteiger partial charge on any atom is 0.335 e. The van der Waals surface area contributed by atoms with Crippen molar-refractivity contribution < 1.29 is 19.2 Å². The number of fused-ring (bicyclic) bond motifs is 2.